The van der Waals surface area contributed by atoms with E-state index in [9.17, 15) is 4.79 Å². The van der Waals surface area contributed by atoms with Gasteiger partial charge in [0.15, 0.2) is 0 Å². The number of aromatic nitrogens is 2. The molecule has 50 heavy (non-hydrogen) atoms. The molecular formula is C47H30N2O. The lowest BCUT2D eigenvalue weighted by molar-refractivity contribution is 0.931. The van der Waals surface area contributed by atoms with Gasteiger partial charge in [-0.05, 0) is 114 Å². The highest BCUT2D eigenvalue weighted by atomic mass is 16.1. The highest BCUT2D eigenvalue weighted by Crippen LogP contribution is 2.37. The van der Waals surface area contributed by atoms with Gasteiger partial charge < -0.3 is 0 Å². The minimum atomic E-state index is -0.104. The molecule has 0 spiro atoms. The molecule has 0 saturated carbocycles. The Hall–Kier alpha value is -6.71. The maximum Gasteiger partial charge on any atom is 0.338 e. The van der Waals surface area contributed by atoms with Crippen molar-refractivity contribution in [2.45, 2.75) is 0 Å². The standard InChI is InChI=1S/C47H30N2O/c50-47-48(35-17-11-15-31(27-35)43-29-33-13-1-3-19-37(33)39-21-5-7-23-41(39)43)45-25-9-10-26-46(45)49(47)36-18-12-16-32(28-36)44-30-34-14-2-4-20-38(34)40-22-6-8-24-42(40)44/h1-30H. The molecular weight excluding hydrogens is 609 g/mol. The number of nitrogens with zero attached hydrogens (tertiary/aromatic N) is 2. The highest BCUT2D eigenvalue weighted by Gasteiger charge is 2.18. The SMILES string of the molecule is O=c1n(-c2cccc(-c3cc4ccccc4c4ccccc34)c2)c2ccccc2n1-c1cccc(-c2cc3ccccc3c3ccccc23)c1. The summed E-state index contributed by atoms with van der Waals surface area (Å²) in [5, 5.41) is 9.69. The molecule has 1 aromatic heterocycles. The summed E-state index contributed by atoms with van der Waals surface area (Å²) in [6.07, 6.45) is 0. The molecule has 0 radical (unpaired) electrons. The largest absolute Gasteiger partial charge is 0.338 e. The number of imidazole rings is 1. The van der Waals surface area contributed by atoms with Gasteiger partial charge in [0, 0.05) is 0 Å². The van der Waals surface area contributed by atoms with Gasteiger partial charge in [-0.15, -0.1) is 0 Å². The Bertz CT molecular complexity index is 2820. The monoisotopic (exact) mass is 638 g/mol. The van der Waals surface area contributed by atoms with Crippen molar-refractivity contribution in [1.29, 1.82) is 0 Å². The molecule has 0 aliphatic heterocycles. The van der Waals surface area contributed by atoms with E-state index in [-0.39, 0.29) is 5.69 Å². The topological polar surface area (TPSA) is 26.9 Å². The average Bonchev–Trinajstić information content (AvgIpc) is 3.48. The number of para-hydroxylation sites is 2. The third kappa shape index (κ3) is 4.34. The fraction of sp³-hybridized carbons (Fsp3) is 0. The van der Waals surface area contributed by atoms with Gasteiger partial charge in [-0.3, -0.25) is 9.13 Å². The molecule has 10 rings (SSSR count). The van der Waals surface area contributed by atoms with Crippen LogP contribution in [0.5, 0.6) is 0 Å². The Balaban J connectivity index is 1.16. The molecule has 1 heterocycles. The summed E-state index contributed by atoms with van der Waals surface area (Å²) < 4.78 is 3.69. The van der Waals surface area contributed by atoms with Crippen molar-refractivity contribution in [1.82, 2.24) is 9.13 Å². The van der Waals surface area contributed by atoms with Crippen molar-refractivity contribution in [2.75, 3.05) is 0 Å². The van der Waals surface area contributed by atoms with Gasteiger partial charge in [0.05, 0.1) is 22.4 Å². The first-order valence-corrected chi connectivity index (χ1v) is 17.0. The summed E-state index contributed by atoms with van der Waals surface area (Å²) in [6.45, 7) is 0. The maximum atomic E-state index is 14.7. The molecule has 0 aliphatic carbocycles. The lowest BCUT2D eigenvalue weighted by Crippen LogP contribution is -2.22. The summed E-state index contributed by atoms with van der Waals surface area (Å²) in [6, 6.07) is 63.6. The van der Waals surface area contributed by atoms with Crippen LogP contribution >= 0.6 is 0 Å². The lowest BCUT2D eigenvalue weighted by atomic mass is 9.93. The molecule has 0 fully saturated rings. The van der Waals surface area contributed by atoms with Gasteiger partial charge in [-0.1, -0.05) is 133 Å². The van der Waals surface area contributed by atoms with Crippen molar-refractivity contribution in [3.8, 4) is 33.6 Å². The number of hydrogen-bond donors (Lipinski definition) is 0. The maximum absolute atomic E-state index is 14.7. The predicted octanol–water partition coefficient (Wildman–Crippen LogP) is 11.7. The highest BCUT2D eigenvalue weighted by molar-refractivity contribution is 6.15. The van der Waals surface area contributed by atoms with Gasteiger partial charge in [-0.25, -0.2) is 4.79 Å². The Morgan fingerprint density at radius 1 is 0.320 bits per heavy atom. The van der Waals surface area contributed by atoms with Gasteiger partial charge in [0.1, 0.15) is 0 Å². The van der Waals surface area contributed by atoms with Crippen LogP contribution in [-0.2, 0) is 0 Å². The van der Waals surface area contributed by atoms with E-state index in [0.29, 0.717) is 0 Å². The van der Waals surface area contributed by atoms with Crippen LogP contribution in [0.3, 0.4) is 0 Å². The number of hydrogen-bond acceptors (Lipinski definition) is 1. The van der Waals surface area contributed by atoms with Crippen molar-refractivity contribution < 1.29 is 0 Å². The van der Waals surface area contributed by atoms with Gasteiger partial charge in [0.25, 0.3) is 0 Å². The zero-order valence-electron chi connectivity index (χ0n) is 27.1. The minimum Gasteiger partial charge on any atom is -0.260 e. The van der Waals surface area contributed by atoms with Crippen LogP contribution in [0.15, 0.2) is 187 Å². The summed E-state index contributed by atoms with van der Waals surface area (Å²) in [5.74, 6) is 0. The zero-order valence-corrected chi connectivity index (χ0v) is 27.1. The zero-order chi connectivity index (χ0) is 33.2. The predicted molar refractivity (Wildman–Crippen MR) is 210 cm³/mol. The fourth-order valence-corrected chi connectivity index (χ4v) is 7.86. The van der Waals surface area contributed by atoms with E-state index in [0.717, 1.165) is 44.7 Å². The summed E-state index contributed by atoms with van der Waals surface area (Å²) in [4.78, 5) is 14.7. The van der Waals surface area contributed by atoms with E-state index in [2.05, 4.69) is 146 Å². The van der Waals surface area contributed by atoms with E-state index in [4.69, 9.17) is 0 Å². The van der Waals surface area contributed by atoms with Crippen molar-refractivity contribution >= 4 is 54.1 Å². The molecule has 3 heteroatoms. The normalized spacial score (nSPS) is 11.7. The first kappa shape index (κ1) is 28.3. The fourth-order valence-electron chi connectivity index (χ4n) is 7.86. The van der Waals surface area contributed by atoms with Crippen molar-refractivity contribution in [3.05, 3.63) is 192 Å². The molecule has 0 bridgehead atoms. The molecule has 0 atom stereocenters. The van der Waals surface area contributed by atoms with Crippen LogP contribution in [0.2, 0.25) is 0 Å². The van der Waals surface area contributed by atoms with Crippen LogP contribution < -0.4 is 5.69 Å². The van der Waals surface area contributed by atoms with Gasteiger partial charge in [0.2, 0.25) is 0 Å². The third-order valence-electron chi connectivity index (χ3n) is 10.1. The van der Waals surface area contributed by atoms with Crippen molar-refractivity contribution in [2.24, 2.45) is 0 Å². The molecule has 3 nitrogen and oxygen atoms in total. The first-order chi connectivity index (χ1) is 24.7. The average molecular weight is 639 g/mol. The Kier molecular flexibility index (Phi) is 6.33. The Morgan fingerprint density at radius 2 is 0.700 bits per heavy atom. The Morgan fingerprint density at radius 3 is 1.16 bits per heavy atom. The minimum absolute atomic E-state index is 0.104. The molecule has 0 amide bonds. The quantitative estimate of drug-likeness (QED) is 0.176. The molecule has 0 N–H and O–H groups in total. The summed E-state index contributed by atoms with van der Waals surface area (Å²) >= 11 is 0. The number of rotatable bonds is 4. The summed E-state index contributed by atoms with van der Waals surface area (Å²) in [5.41, 5.74) is 7.71. The van der Waals surface area contributed by atoms with E-state index in [1.807, 2.05) is 45.5 Å². The first-order valence-electron chi connectivity index (χ1n) is 17.0. The second kappa shape index (κ2) is 11.2. The van der Waals surface area contributed by atoms with Crippen molar-refractivity contribution in [3.63, 3.8) is 0 Å². The molecule has 10 aromatic rings. The van der Waals surface area contributed by atoms with Crippen LogP contribution in [-0.4, -0.2) is 9.13 Å². The van der Waals surface area contributed by atoms with Crippen LogP contribution in [0.1, 0.15) is 0 Å². The smallest absolute Gasteiger partial charge is 0.260 e. The molecule has 0 unspecified atom stereocenters. The van der Waals surface area contributed by atoms with Crippen LogP contribution in [0, 0.1) is 0 Å². The molecule has 0 saturated heterocycles. The lowest BCUT2D eigenvalue weighted by Gasteiger charge is -2.13. The van der Waals surface area contributed by atoms with E-state index < -0.39 is 0 Å². The van der Waals surface area contributed by atoms with E-state index >= 15 is 0 Å². The van der Waals surface area contributed by atoms with E-state index in [1.54, 1.807) is 0 Å². The van der Waals surface area contributed by atoms with Gasteiger partial charge in [-0.2, -0.15) is 0 Å². The summed E-state index contributed by atoms with van der Waals surface area (Å²) in [7, 11) is 0. The van der Waals surface area contributed by atoms with Crippen LogP contribution in [0.25, 0.3) is 87.8 Å². The molecule has 0 aliphatic rings. The Labute approximate surface area is 288 Å². The number of benzene rings is 9. The second-order valence-corrected chi connectivity index (χ2v) is 12.9. The number of fused-ring (bicyclic) bond motifs is 7. The van der Waals surface area contributed by atoms with Gasteiger partial charge >= 0.3 is 5.69 Å². The van der Waals surface area contributed by atoms with Crippen LogP contribution in [0.4, 0.5) is 0 Å². The van der Waals surface area contributed by atoms with E-state index in [1.165, 1.54) is 43.1 Å². The molecule has 234 valence electrons. The third-order valence-corrected chi connectivity index (χ3v) is 10.1. The second-order valence-electron chi connectivity index (χ2n) is 12.9. The molecule has 9 aromatic carbocycles.